The van der Waals surface area contributed by atoms with Crippen LogP contribution in [0.1, 0.15) is 16.1 Å². The maximum Gasteiger partial charge on any atom is 0.258 e. The van der Waals surface area contributed by atoms with Gasteiger partial charge in [-0.2, -0.15) is 0 Å². The van der Waals surface area contributed by atoms with E-state index >= 15 is 0 Å². The van der Waals surface area contributed by atoms with Gasteiger partial charge in [0.1, 0.15) is 18.1 Å². The van der Waals surface area contributed by atoms with Crippen LogP contribution in [0.4, 0.5) is 5.69 Å². The largest absolute Gasteiger partial charge is 0.459 e. The second-order valence-corrected chi connectivity index (χ2v) is 7.79. The van der Waals surface area contributed by atoms with Gasteiger partial charge in [-0.25, -0.2) is 0 Å². The number of aliphatic hydroxyl groups excluding tert-OH is 1. The van der Waals surface area contributed by atoms with E-state index in [4.69, 9.17) is 44.9 Å². The summed E-state index contributed by atoms with van der Waals surface area (Å²) in [7, 11) is 0. The van der Waals surface area contributed by atoms with Crippen LogP contribution >= 0.6 is 51.3 Å². The Morgan fingerprint density at radius 2 is 1.86 bits per heavy atom. The number of benzene rings is 2. The molecule has 0 bridgehead atoms. The average Bonchev–Trinajstić information content (AvgIpc) is 3.14. The van der Waals surface area contributed by atoms with Crippen molar-refractivity contribution < 1.29 is 14.3 Å². The Bertz CT molecular complexity index is 1060. The Morgan fingerprint density at radius 3 is 2.57 bits per heavy atom. The van der Waals surface area contributed by atoms with Gasteiger partial charge in [-0.1, -0.05) is 39.1 Å². The van der Waals surface area contributed by atoms with Crippen molar-refractivity contribution in [3.8, 4) is 11.3 Å². The first-order valence-corrected chi connectivity index (χ1v) is 9.90. The fourth-order valence-electron chi connectivity index (χ4n) is 2.40. The molecule has 1 amide bonds. The lowest BCUT2D eigenvalue weighted by atomic mass is 10.1. The summed E-state index contributed by atoms with van der Waals surface area (Å²) in [6.07, 6.45) is 0. The molecule has 9 heteroatoms. The fourth-order valence-corrected chi connectivity index (χ4v) is 3.39. The number of halogens is 3. The molecule has 5 nitrogen and oxygen atoms in total. The number of hydrogen-bond acceptors (Lipinski definition) is 4. The quantitative estimate of drug-likeness (QED) is 0.405. The van der Waals surface area contributed by atoms with Gasteiger partial charge < -0.3 is 14.8 Å². The molecule has 3 N–H and O–H groups in total. The molecule has 3 rings (SSSR count). The van der Waals surface area contributed by atoms with Gasteiger partial charge in [0.15, 0.2) is 5.11 Å². The van der Waals surface area contributed by atoms with Gasteiger partial charge in [0.2, 0.25) is 0 Å². The summed E-state index contributed by atoms with van der Waals surface area (Å²) >= 11 is 20.8. The molecule has 1 heterocycles. The molecular formula is C19H13BrCl2N2O3S. The fraction of sp³-hybridized carbons (Fsp3) is 0.0526. The second kappa shape index (κ2) is 9.07. The van der Waals surface area contributed by atoms with E-state index in [1.807, 2.05) is 0 Å². The average molecular weight is 500 g/mol. The highest BCUT2D eigenvalue weighted by molar-refractivity contribution is 9.10. The summed E-state index contributed by atoms with van der Waals surface area (Å²) in [6.45, 7) is -0.205. The number of thiocarbonyl (C=S) groups is 1. The molecule has 28 heavy (non-hydrogen) atoms. The maximum absolute atomic E-state index is 12.4. The van der Waals surface area contributed by atoms with Crippen LogP contribution < -0.4 is 10.6 Å². The molecule has 0 unspecified atom stereocenters. The predicted octanol–water partition coefficient (Wildman–Crippen LogP) is 5.64. The normalized spacial score (nSPS) is 10.6. The Balaban J connectivity index is 1.74. The van der Waals surface area contributed by atoms with Gasteiger partial charge in [0.25, 0.3) is 5.91 Å². The van der Waals surface area contributed by atoms with Gasteiger partial charge >= 0.3 is 0 Å². The number of hydrogen-bond donors (Lipinski definition) is 3. The van der Waals surface area contributed by atoms with Crippen molar-refractivity contribution in [3.05, 3.63) is 74.4 Å². The van der Waals surface area contributed by atoms with Crippen LogP contribution in [0, 0.1) is 0 Å². The molecular weight excluding hydrogens is 487 g/mol. The van der Waals surface area contributed by atoms with Crippen LogP contribution in [0.5, 0.6) is 0 Å². The molecule has 0 atom stereocenters. The minimum Gasteiger partial charge on any atom is -0.459 e. The smallest absolute Gasteiger partial charge is 0.258 e. The molecule has 0 fully saturated rings. The molecule has 0 saturated carbocycles. The van der Waals surface area contributed by atoms with E-state index in [1.54, 1.807) is 48.5 Å². The molecule has 0 aliphatic carbocycles. The molecule has 3 aromatic rings. The minimum absolute atomic E-state index is 0.102. The van der Waals surface area contributed by atoms with Crippen molar-refractivity contribution in [2.45, 2.75) is 6.61 Å². The molecule has 1 aromatic heterocycles. The monoisotopic (exact) mass is 498 g/mol. The summed E-state index contributed by atoms with van der Waals surface area (Å²) in [5.41, 5.74) is 1.52. The number of aliphatic hydroxyl groups is 1. The Kier molecular flexibility index (Phi) is 6.74. The van der Waals surface area contributed by atoms with Gasteiger partial charge in [-0.05, 0) is 60.7 Å². The SMILES string of the molecule is O=C(NC(=S)Nc1ccc(Cl)c(-c2ccc(CO)o2)c1)c1cc(Br)ccc1Cl. The molecule has 0 spiro atoms. The van der Waals surface area contributed by atoms with Gasteiger partial charge in [-0.3, -0.25) is 10.1 Å². The van der Waals surface area contributed by atoms with E-state index in [-0.39, 0.29) is 11.7 Å². The van der Waals surface area contributed by atoms with E-state index in [0.29, 0.717) is 38.4 Å². The zero-order valence-electron chi connectivity index (χ0n) is 14.1. The molecule has 0 aliphatic rings. The first-order valence-electron chi connectivity index (χ1n) is 7.94. The summed E-state index contributed by atoms with van der Waals surface area (Å²) in [5, 5.41) is 15.6. The van der Waals surface area contributed by atoms with Crippen LogP contribution in [0.15, 0.2) is 57.4 Å². The predicted molar refractivity (Wildman–Crippen MR) is 118 cm³/mol. The molecule has 2 aromatic carbocycles. The summed E-state index contributed by atoms with van der Waals surface area (Å²) in [5.74, 6) is 0.503. The maximum atomic E-state index is 12.4. The van der Waals surface area contributed by atoms with Gasteiger partial charge in [0, 0.05) is 15.7 Å². The Hall–Kier alpha value is -1.90. The van der Waals surface area contributed by atoms with Crippen LogP contribution in [0.3, 0.4) is 0 Å². The topological polar surface area (TPSA) is 74.5 Å². The number of carbonyl (C=O) groups is 1. The van der Waals surface area contributed by atoms with Gasteiger partial charge in [0.05, 0.1) is 15.6 Å². The van der Waals surface area contributed by atoms with Crippen molar-refractivity contribution in [3.63, 3.8) is 0 Å². The highest BCUT2D eigenvalue weighted by atomic mass is 79.9. The summed E-state index contributed by atoms with van der Waals surface area (Å²) < 4.78 is 6.25. The zero-order chi connectivity index (χ0) is 20.3. The van der Waals surface area contributed by atoms with E-state index in [0.717, 1.165) is 4.47 Å². The van der Waals surface area contributed by atoms with E-state index < -0.39 is 5.91 Å². The van der Waals surface area contributed by atoms with Crippen molar-refractivity contribution in [2.75, 3.05) is 5.32 Å². The highest BCUT2D eigenvalue weighted by Gasteiger charge is 2.14. The lowest BCUT2D eigenvalue weighted by molar-refractivity contribution is 0.0978. The Labute approximate surface area is 184 Å². The van der Waals surface area contributed by atoms with Crippen LogP contribution in [-0.2, 0) is 6.61 Å². The van der Waals surface area contributed by atoms with Crippen LogP contribution in [0.25, 0.3) is 11.3 Å². The third-order valence-corrected chi connectivity index (χ3v) is 5.06. The number of anilines is 1. The Morgan fingerprint density at radius 1 is 1.11 bits per heavy atom. The van der Waals surface area contributed by atoms with E-state index in [9.17, 15) is 4.79 Å². The number of nitrogens with one attached hydrogen (secondary N) is 2. The minimum atomic E-state index is -0.434. The van der Waals surface area contributed by atoms with Crippen molar-refractivity contribution in [1.82, 2.24) is 5.32 Å². The first kappa shape index (κ1) is 20.8. The van der Waals surface area contributed by atoms with Crippen molar-refractivity contribution in [2.24, 2.45) is 0 Å². The van der Waals surface area contributed by atoms with Crippen LogP contribution in [0.2, 0.25) is 10.0 Å². The zero-order valence-corrected chi connectivity index (χ0v) is 18.0. The molecule has 0 radical (unpaired) electrons. The molecule has 144 valence electrons. The van der Waals surface area contributed by atoms with Crippen molar-refractivity contribution >= 4 is 68.1 Å². The number of rotatable bonds is 4. The second-order valence-electron chi connectivity index (χ2n) is 5.65. The van der Waals surface area contributed by atoms with Gasteiger partial charge in [-0.15, -0.1) is 0 Å². The lowest BCUT2D eigenvalue weighted by Gasteiger charge is -2.12. The summed E-state index contributed by atoms with van der Waals surface area (Å²) in [4.78, 5) is 12.4. The van der Waals surface area contributed by atoms with Crippen LogP contribution in [-0.4, -0.2) is 16.1 Å². The number of furan rings is 1. The third-order valence-electron chi connectivity index (χ3n) is 3.71. The lowest BCUT2D eigenvalue weighted by Crippen LogP contribution is -2.34. The summed E-state index contributed by atoms with van der Waals surface area (Å²) in [6, 6.07) is 13.5. The first-order chi connectivity index (χ1) is 13.4. The van der Waals surface area contributed by atoms with E-state index in [2.05, 4.69) is 26.6 Å². The third kappa shape index (κ3) is 4.92. The molecule has 0 aliphatic heterocycles. The number of carbonyl (C=O) groups excluding carboxylic acids is 1. The van der Waals surface area contributed by atoms with E-state index in [1.165, 1.54) is 0 Å². The van der Waals surface area contributed by atoms with Crippen molar-refractivity contribution in [1.29, 1.82) is 0 Å². The standard InChI is InChI=1S/C19H13BrCl2N2O3S/c20-10-1-4-16(22)14(7-10)18(26)24-19(28)23-11-2-5-15(21)13(8-11)17-6-3-12(9-25)27-17/h1-8,25H,9H2,(H2,23,24,26,28). The number of amides is 1. The molecule has 0 saturated heterocycles. The highest BCUT2D eigenvalue weighted by Crippen LogP contribution is 2.32.